The van der Waals surface area contributed by atoms with Gasteiger partial charge in [0.2, 0.25) is 0 Å². The van der Waals surface area contributed by atoms with E-state index >= 15 is 0 Å². The molecule has 0 aliphatic carbocycles. The lowest BCUT2D eigenvalue weighted by Gasteiger charge is -2.16. The molecule has 0 amide bonds. The molecule has 1 aliphatic heterocycles. The van der Waals surface area contributed by atoms with E-state index in [2.05, 4.69) is 0 Å². The van der Waals surface area contributed by atoms with Crippen LogP contribution in [0, 0.1) is 5.92 Å². The van der Waals surface area contributed by atoms with Crippen molar-refractivity contribution in [2.24, 2.45) is 5.92 Å². The molecule has 3 nitrogen and oxygen atoms in total. The molecule has 0 saturated carbocycles. The highest BCUT2D eigenvalue weighted by atomic mass is 16.5. The van der Waals surface area contributed by atoms with Crippen LogP contribution in [-0.2, 0) is 9.53 Å². The molecule has 0 spiro atoms. The van der Waals surface area contributed by atoms with Crippen LogP contribution in [0.2, 0.25) is 0 Å². The largest absolute Gasteiger partial charge is 0.481 e. The predicted octanol–water partition coefficient (Wildman–Crippen LogP) is 1.28. The topological polar surface area (TPSA) is 46.5 Å². The molecule has 1 saturated heterocycles. The Morgan fingerprint density at radius 3 is 2.91 bits per heavy atom. The van der Waals surface area contributed by atoms with Crippen molar-refractivity contribution in [2.45, 2.75) is 32.3 Å². The Kier molecular flexibility index (Phi) is 2.88. The molecule has 3 heteroatoms. The lowest BCUT2D eigenvalue weighted by molar-refractivity contribution is -0.146. The Bertz CT molecular complexity index is 138. The quantitative estimate of drug-likeness (QED) is 0.673. The SMILES string of the molecule is CCC(C(=O)O)C1CCCO1. The minimum absolute atomic E-state index is 0.0301. The Balaban J connectivity index is 2.46. The van der Waals surface area contributed by atoms with Crippen molar-refractivity contribution in [3.63, 3.8) is 0 Å². The van der Waals surface area contributed by atoms with Gasteiger partial charge in [0.25, 0.3) is 0 Å². The average molecular weight is 158 g/mol. The van der Waals surface area contributed by atoms with Crippen molar-refractivity contribution >= 4 is 5.97 Å². The standard InChI is InChI=1S/C8H14O3/c1-2-6(8(9)10)7-4-3-5-11-7/h6-7H,2-5H2,1H3,(H,9,10). The molecule has 2 unspecified atom stereocenters. The number of carboxylic acid groups (broad SMARTS) is 1. The van der Waals surface area contributed by atoms with Crippen molar-refractivity contribution < 1.29 is 14.6 Å². The molecule has 1 fully saturated rings. The van der Waals surface area contributed by atoms with E-state index in [0.717, 1.165) is 19.4 Å². The van der Waals surface area contributed by atoms with Crippen LogP contribution in [0.25, 0.3) is 0 Å². The molecule has 0 radical (unpaired) electrons. The van der Waals surface area contributed by atoms with E-state index in [4.69, 9.17) is 9.84 Å². The predicted molar refractivity (Wildman–Crippen MR) is 40.4 cm³/mol. The lowest BCUT2D eigenvalue weighted by atomic mass is 9.98. The van der Waals surface area contributed by atoms with Crippen LogP contribution in [0.3, 0.4) is 0 Å². The number of carbonyl (C=O) groups is 1. The molecule has 2 atom stereocenters. The second kappa shape index (κ2) is 3.72. The number of rotatable bonds is 3. The number of hydrogen-bond acceptors (Lipinski definition) is 2. The molecule has 11 heavy (non-hydrogen) atoms. The zero-order chi connectivity index (χ0) is 8.27. The third-order valence-corrected chi connectivity index (χ3v) is 2.17. The summed E-state index contributed by atoms with van der Waals surface area (Å²) in [4.78, 5) is 10.6. The molecule has 0 aromatic heterocycles. The molecule has 0 bridgehead atoms. The molecule has 0 aromatic carbocycles. The Morgan fingerprint density at radius 1 is 1.82 bits per heavy atom. The van der Waals surface area contributed by atoms with Crippen LogP contribution in [0.4, 0.5) is 0 Å². The van der Waals surface area contributed by atoms with Crippen LogP contribution in [0.1, 0.15) is 26.2 Å². The fourth-order valence-electron chi connectivity index (χ4n) is 1.52. The summed E-state index contributed by atoms with van der Waals surface area (Å²) in [5.74, 6) is -1.02. The van der Waals surface area contributed by atoms with Gasteiger partial charge in [0, 0.05) is 6.61 Å². The third kappa shape index (κ3) is 1.93. The van der Waals surface area contributed by atoms with E-state index in [0.29, 0.717) is 6.42 Å². The van der Waals surface area contributed by atoms with E-state index < -0.39 is 5.97 Å². The highest BCUT2D eigenvalue weighted by molar-refractivity contribution is 5.70. The number of hydrogen-bond donors (Lipinski definition) is 1. The molecular formula is C8H14O3. The van der Waals surface area contributed by atoms with Gasteiger partial charge in [-0.25, -0.2) is 0 Å². The van der Waals surface area contributed by atoms with Crippen molar-refractivity contribution in [1.82, 2.24) is 0 Å². The molecule has 1 heterocycles. The van der Waals surface area contributed by atoms with Gasteiger partial charge in [-0.15, -0.1) is 0 Å². The van der Waals surface area contributed by atoms with Crippen molar-refractivity contribution in [3.05, 3.63) is 0 Å². The van der Waals surface area contributed by atoms with E-state index in [9.17, 15) is 4.79 Å². The zero-order valence-electron chi connectivity index (χ0n) is 6.75. The van der Waals surface area contributed by atoms with E-state index in [1.807, 2.05) is 6.92 Å². The summed E-state index contributed by atoms with van der Waals surface area (Å²) in [6.45, 7) is 2.62. The maximum atomic E-state index is 10.6. The molecule has 0 aromatic rings. The normalized spacial score (nSPS) is 26.8. The van der Waals surface area contributed by atoms with Crippen molar-refractivity contribution in [1.29, 1.82) is 0 Å². The summed E-state index contributed by atoms with van der Waals surface area (Å²) >= 11 is 0. The van der Waals surface area contributed by atoms with Crippen LogP contribution >= 0.6 is 0 Å². The highest BCUT2D eigenvalue weighted by Gasteiger charge is 2.29. The first-order valence-electron chi connectivity index (χ1n) is 4.10. The highest BCUT2D eigenvalue weighted by Crippen LogP contribution is 2.22. The van der Waals surface area contributed by atoms with Crippen LogP contribution in [0.15, 0.2) is 0 Å². The number of carboxylic acids is 1. The van der Waals surface area contributed by atoms with Gasteiger partial charge in [0.05, 0.1) is 12.0 Å². The smallest absolute Gasteiger partial charge is 0.309 e. The van der Waals surface area contributed by atoms with Crippen LogP contribution < -0.4 is 0 Å². The van der Waals surface area contributed by atoms with E-state index in [1.54, 1.807) is 0 Å². The first-order chi connectivity index (χ1) is 5.25. The monoisotopic (exact) mass is 158 g/mol. The Labute approximate surface area is 66.4 Å². The first kappa shape index (κ1) is 8.53. The Hall–Kier alpha value is -0.570. The number of ether oxygens (including phenoxy) is 1. The van der Waals surface area contributed by atoms with Crippen molar-refractivity contribution in [2.75, 3.05) is 6.61 Å². The van der Waals surface area contributed by atoms with Gasteiger partial charge >= 0.3 is 5.97 Å². The summed E-state index contributed by atoms with van der Waals surface area (Å²) in [6.07, 6.45) is 2.55. The second-order valence-corrected chi connectivity index (χ2v) is 2.90. The fourth-order valence-corrected chi connectivity index (χ4v) is 1.52. The van der Waals surface area contributed by atoms with Gasteiger partial charge in [-0.3, -0.25) is 4.79 Å². The van der Waals surface area contributed by atoms with Gasteiger partial charge in [0.15, 0.2) is 0 Å². The summed E-state index contributed by atoms with van der Waals surface area (Å²) in [7, 11) is 0. The molecule has 1 rings (SSSR count). The third-order valence-electron chi connectivity index (χ3n) is 2.17. The first-order valence-corrected chi connectivity index (χ1v) is 4.10. The minimum atomic E-state index is -0.723. The molecular weight excluding hydrogens is 144 g/mol. The summed E-state index contributed by atoms with van der Waals surface area (Å²) < 4.78 is 5.29. The maximum absolute atomic E-state index is 10.6. The fraction of sp³-hybridized carbons (Fsp3) is 0.875. The van der Waals surface area contributed by atoms with Gasteiger partial charge in [-0.05, 0) is 19.3 Å². The Morgan fingerprint density at radius 2 is 2.55 bits per heavy atom. The summed E-state index contributed by atoms with van der Waals surface area (Å²) in [5.41, 5.74) is 0. The lowest BCUT2D eigenvalue weighted by Crippen LogP contribution is -2.26. The zero-order valence-corrected chi connectivity index (χ0v) is 6.75. The average Bonchev–Trinajstić information content (AvgIpc) is 2.40. The molecule has 1 aliphatic rings. The number of aliphatic carboxylic acids is 1. The van der Waals surface area contributed by atoms with E-state index in [-0.39, 0.29) is 12.0 Å². The minimum Gasteiger partial charge on any atom is -0.481 e. The molecule has 1 N–H and O–H groups in total. The van der Waals surface area contributed by atoms with Gasteiger partial charge in [-0.1, -0.05) is 6.92 Å². The van der Waals surface area contributed by atoms with Crippen molar-refractivity contribution in [3.8, 4) is 0 Å². The second-order valence-electron chi connectivity index (χ2n) is 2.90. The van der Waals surface area contributed by atoms with E-state index in [1.165, 1.54) is 0 Å². The van der Waals surface area contributed by atoms with Crippen LogP contribution in [-0.4, -0.2) is 23.8 Å². The maximum Gasteiger partial charge on any atom is 0.309 e. The van der Waals surface area contributed by atoms with Crippen LogP contribution in [0.5, 0.6) is 0 Å². The summed E-state index contributed by atoms with van der Waals surface area (Å²) in [5, 5.41) is 8.75. The van der Waals surface area contributed by atoms with Gasteiger partial charge < -0.3 is 9.84 Å². The van der Waals surface area contributed by atoms with Gasteiger partial charge in [0.1, 0.15) is 0 Å². The molecule has 64 valence electrons. The summed E-state index contributed by atoms with van der Waals surface area (Å²) in [6, 6.07) is 0. The van der Waals surface area contributed by atoms with Gasteiger partial charge in [-0.2, -0.15) is 0 Å².